The van der Waals surface area contributed by atoms with Gasteiger partial charge in [-0.2, -0.15) is 0 Å². The van der Waals surface area contributed by atoms with Crippen LogP contribution in [-0.4, -0.2) is 56.4 Å². The lowest BCUT2D eigenvalue weighted by molar-refractivity contribution is -0.127. The van der Waals surface area contributed by atoms with Crippen LogP contribution in [0.25, 0.3) is 0 Å². The number of hydrogen-bond donors (Lipinski definition) is 2. The van der Waals surface area contributed by atoms with Crippen molar-refractivity contribution in [1.29, 1.82) is 0 Å². The van der Waals surface area contributed by atoms with Crippen LogP contribution >= 0.6 is 0 Å². The van der Waals surface area contributed by atoms with Crippen LogP contribution in [0.2, 0.25) is 0 Å². The highest BCUT2D eigenvalue weighted by Crippen LogP contribution is 2.19. The Labute approximate surface area is 165 Å². The number of carbonyl (C=O) groups is 3. The van der Waals surface area contributed by atoms with Crippen LogP contribution in [0.15, 0.2) is 23.1 Å². The van der Waals surface area contributed by atoms with E-state index in [0.717, 1.165) is 4.31 Å². The third-order valence-corrected chi connectivity index (χ3v) is 5.40. The van der Waals surface area contributed by atoms with Crippen molar-refractivity contribution < 1.29 is 27.5 Å². The van der Waals surface area contributed by atoms with Crippen molar-refractivity contribution in [2.75, 3.05) is 14.1 Å². The largest absolute Gasteiger partial charge is 0.449 e. The Kier molecular flexibility index (Phi) is 7.32. The van der Waals surface area contributed by atoms with Gasteiger partial charge in [0.2, 0.25) is 10.0 Å². The number of carbonyl (C=O) groups excluding carboxylic acids is 3. The lowest BCUT2D eigenvalue weighted by Crippen LogP contribution is -2.50. The number of imide groups is 1. The molecule has 0 radical (unpaired) electrons. The third kappa shape index (κ3) is 6.31. The average molecular weight is 413 g/mol. The highest BCUT2D eigenvalue weighted by molar-refractivity contribution is 7.89. The molecule has 0 bridgehead atoms. The Morgan fingerprint density at radius 3 is 2.21 bits per heavy atom. The van der Waals surface area contributed by atoms with E-state index in [1.165, 1.54) is 39.2 Å². The third-order valence-electron chi connectivity index (χ3n) is 3.59. The lowest BCUT2D eigenvalue weighted by Gasteiger charge is -2.21. The van der Waals surface area contributed by atoms with E-state index in [1.807, 2.05) is 0 Å². The smallest absolute Gasteiger partial charge is 0.339 e. The summed E-state index contributed by atoms with van der Waals surface area (Å²) in [5, 5.41) is 4.64. The fourth-order valence-electron chi connectivity index (χ4n) is 2.06. The highest BCUT2D eigenvalue weighted by atomic mass is 32.2. The van der Waals surface area contributed by atoms with E-state index < -0.39 is 39.6 Å². The van der Waals surface area contributed by atoms with Crippen LogP contribution < -0.4 is 10.6 Å². The Bertz CT molecular complexity index is 872. The van der Waals surface area contributed by atoms with Crippen LogP contribution in [0.3, 0.4) is 0 Å². The van der Waals surface area contributed by atoms with E-state index in [4.69, 9.17) is 4.74 Å². The summed E-state index contributed by atoms with van der Waals surface area (Å²) in [4.78, 5) is 36.2. The van der Waals surface area contributed by atoms with Crippen LogP contribution in [0.5, 0.6) is 0 Å². The summed E-state index contributed by atoms with van der Waals surface area (Å²) in [6.45, 7) is 8.17. The van der Waals surface area contributed by atoms with Gasteiger partial charge >= 0.3 is 12.0 Å². The zero-order valence-corrected chi connectivity index (χ0v) is 17.9. The van der Waals surface area contributed by atoms with Crippen LogP contribution in [0, 0.1) is 6.92 Å². The lowest BCUT2D eigenvalue weighted by atomic mass is 10.1. The molecule has 1 aromatic carbocycles. The van der Waals surface area contributed by atoms with Gasteiger partial charge in [-0.15, -0.1) is 0 Å². The van der Waals surface area contributed by atoms with Gasteiger partial charge < -0.3 is 10.1 Å². The Morgan fingerprint density at radius 2 is 1.71 bits per heavy atom. The van der Waals surface area contributed by atoms with E-state index in [2.05, 4.69) is 10.6 Å². The monoisotopic (exact) mass is 413 g/mol. The minimum Gasteiger partial charge on any atom is -0.449 e. The van der Waals surface area contributed by atoms with E-state index in [-0.39, 0.29) is 10.5 Å². The van der Waals surface area contributed by atoms with Gasteiger partial charge in [0.25, 0.3) is 5.91 Å². The zero-order valence-electron chi connectivity index (χ0n) is 17.1. The molecule has 0 aliphatic rings. The van der Waals surface area contributed by atoms with Crippen molar-refractivity contribution >= 4 is 27.9 Å². The van der Waals surface area contributed by atoms with Gasteiger partial charge in [0.15, 0.2) is 6.10 Å². The minimum absolute atomic E-state index is 0.0155. The first-order valence-electron chi connectivity index (χ1n) is 8.52. The van der Waals surface area contributed by atoms with E-state index in [9.17, 15) is 22.8 Å². The predicted molar refractivity (Wildman–Crippen MR) is 103 cm³/mol. The van der Waals surface area contributed by atoms with E-state index in [0.29, 0.717) is 5.56 Å². The van der Waals surface area contributed by atoms with Crippen molar-refractivity contribution in [2.24, 2.45) is 0 Å². The molecule has 1 atom stereocenters. The zero-order chi connectivity index (χ0) is 21.9. The van der Waals surface area contributed by atoms with Crippen molar-refractivity contribution in [3.05, 3.63) is 29.3 Å². The molecule has 0 saturated carbocycles. The fourth-order valence-corrected chi connectivity index (χ4v) is 2.98. The maximum absolute atomic E-state index is 12.4. The second-order valence-electron chi connectivity index (χ2n) is 7.51. The Hall–Kier alpha value is -2.46. The highest BCUT2D eigenvalue weighted by Gasteiger charge is 2.25. The summed E-state index contributed by atoms with van der Waals surface area (Å²) in [6, 6.07) is 3.35. The number of benzene rings is 1. The molecule has 0 aliphatic carbocycles. The van der Waals surface area contributed by atoms with Gasteiger partial charge in [0, 0.05) is 19.6 Å². The molecule has 9 nitrogen and oxygen atoms in total. The molecule has 3 amide bonds. The molecule has 0 spiro atoms. The first-order chi connectivity index (χ1) is 12.6. The first kappa shape index (κ1) is 23.6. The minimum atomic E-state index is -3.73. The second-order valence-corrected chi connectivity index (χ2v) is 9.66. The molecule has 0 fully saturated rings. The number of ether oxygens (including phenoxy) is 1. The normalized spacial score (nSPS) is 13.0. The molecule has 1 rings (SSSR count). The molecule has 0 aliphatic heterocycles. The average Bonchev–Trinajstić information content (AvgIpc) is 2.52. The number of amides is 3. The molecule has 2 N–H and O–H groups in total. The summed E-state index contributed by atoms with van der Waals surface area (Å²) in [7, 11) is -0.980. The molecule has 156 valence electrons. The quantitative estimate of drug-likeness (QED) is 0.704. The molecule has 0 aromatic heterocycles. The van der Waals surface area contributed by atoms with E-state index >= 15 is 0 Å². The Morgan fingerprint density at radius 1 is 1.14 bits per heavy atom. The molecule has 1 aromatic rings. The standard InChI is InChI=1S/C18H27N3O6S/c1-11-8-9-13(28(25,26)21(6)7)10-14(11)16(23)27-12(2)15(22)19-17(24)20-18(3,4)5/h8-10,12H,1-7H3,(H2,19,20,22,24)/t12-/m1/s1. The van der Waals surface area contributed by atoms with Crippen LogP contribution in [-0.2, 0) is 19.6 Å². The number of aryl methyl sites for hydroxylation is 1. The molecule has 0 saturated heterocycles. The fraction of sp³-hybridized carbons (Fsp3) is 0.500. The number of nitrogens with zero attached hydrogens (tertiary/aromatic N) is 1. The van der Waals surface area contributed by atoms with Crippen molar-refractivity contribution in [3.8, 4) is 0 Å². The molecule has 0 unspecified atom stereocenters. The summed E-state index contributed by atoms with van der Waals surface area (Å²) < 4.78 is 30.6. The number of nitrogens with one attached hydrogen (secondary N) is 2. The second kappa shape index (κ2) is 8.70. The van der Waals surface area contributed by atoms with Crippen LogP contribution in [0.4, 0.5) is 4.79 Å². The van der Waals surface area contributed by atoms with Crippen LogP contribution in [0.1, 0.15) is 43.6 Å². The summed E-state index contributed by atoms with van der Waals surface area (Å²) in [5.41, 5.74) is -0.0396. The van der Waals surface area contributed by atoms with E-state index in [1.54, 1.807) is 27.7 Å². The number of rotatable bonds is 5. The number of hydrogen-bond acceptors (Lipinski definition) is 6. The molecule has 28 heavy (non-hydrogen) atoms. The summed E-state index contributed by atoms with van der Waals surface area (Å²) >= 11 is 0. The predicted octanol–water partition coefficient (Wildman–Crippen LogP) is 1.41. The molecule has 10 heteroatoms. The SMILES string of the molecule is Cc1ccc(S(=O)(=O)N(C)C)cc1C(=O)O[C@H](C)C(=O)NC(=O)NC(C)(C)C. The number of urea groups is 1. The Balaban J connectivity index is 2.93. The van der Waals surface area contributed by atoms with Gasteiger partial charge in [0.1, 0.15) is 0 Å². The van der Waals surface area contributed by atoms with Gasteiger partial charge in [-0.25, -0.2) is 22.3 Å². The topological polar surface area (TPSA) is 122 Å². The van der Waals surface area contributed by atoms with Gasteiger partial charge in [0.05, 0.1) is 10.5 Å². The van der Waals surface area contributed by atoms with Crippen molar-refractivity contribution in [2.45, 2.75) is 51.2 Å². The molecular formula is C18H27N3O6S. The summed E-state index contributed by atoms with van der Waals surface area (Å²) in [5.74, 6) is -1.67. The van der Waals surface area contributed by atoms with Crippen molar-refractivity contribution in [3.63, 3.8) is 0 Å². The molecule has 0 heterocycles. The van der Waals surface area contributed by atoms with Gasteiger partial charge in [-0.05, 0) is 52.3 Å². The molecular weight excluding hydrogens is 386 g/mol. The van der Waals surface area contributed by atoms with Gasteiger partial charge in [-0.1, -0.05) is 6.07 Å². The maximum Gasteiger partial charge on any atom is 0.339 e. The van der Waals surface area contributed by atoms with Gasteiger partial charge in [-0.3, -0.25) is 10.1 Å². The number of esters is 1. The van der Waals surface area contributed by atoms with Crippen molar-refractivity contribution in [1.82, 2.24) is 14.9 Å². The maximum atomic E-state index is 12.4. The summed E-state index contributed by atoms with van der Waals surface area (Å²) in [6.07, 6.45) is -1.26. The first-order valence-corrected chi connectivity index (χ1v) is 9.96. The number of sulfonamides is 1.